The zero-order valence-corrected chi connectivity index (χ0v) is 35.2. The van der Waals surface area contributed by atoms with Gasteiger partial charge in [-0.2, -0.15) is 5.06 Å². The van der Waals surface area contributed by atoms with Crippen LogP contribution in [-0.2, 0) is 60.0 Å². The Balaban J connectivity index is 1.22. The molecule has 1 aliphatic carbocycles. The first kappa shape index (κ1) is 44.8. The van der Waals surface area contributed by atoms with E-state index in [1.54, 1.807) is 26.8 Å². The van der Waals surface area contributed by atoms with Gasteiger partial charge in [0.05, 0.1) is 38.2 Å². The third kappa shape index (κ3) is 9.13. The van der Waals surface area contributed by atoms with Crippen LogP contribution in [0.4, 0.5) is 0 Å². The Bertz CT molecular complexity index is 2050. The van der Waals surface area contributed by atoms with Crippen molar-refractivity contribution in [2.45, 2.75) is 114 Å². The van der Waals surface area contributed by atoms with E-state index in [1.807, 2.05) is 84.9 Å². The zero-order chi connectivity index (χ0) is 44.2. The lowest BCUT2D eigenvalue weighted by atomic mass is 9.62. The summed E-state index contributed by atoms with van der Waals surface area (Å²) in [4.78, 5) is 62.7. The number of ether oxygens (including phenoxy) is 5. The Morgan fingerprint density at radius 3 is 2.26 bits per heavy atom. The number of hydrogen-bond donors (Lipinski definition) is 5. The lowest BCUT2D eigenvalue weighted by Gasteiger charge is -2.49. The minimum Gasteiger partial charge on any atom is -0.499 e. The maximum Gasteiger partial charge on any atom is 0.327 e. The van der Waals surface area contributed by atoms with Gasteiger partial charge in [0.2, 0.25) is 17.6 Å². The molecule has 3 saturated heterocycles. The van der Waals surface area contributed by atoms with Crippen molar-refractivity contribution in [3.8, 4) is 0 Å². The maximum absolute atomic E-state index is 15.2. The summed E-state index contributed by atoms with van der Waals surface area (Å²) in [6.07, 6.45) is -2.45. The van der Waals surface area contributed by atoms with Crippen LogP contribution in [0, 0.1) is 5.41 Å². The summed E-state index contributed by atoms with van der Waals surface area (Å²) in [5.41, 5.74) is 0.340. The summed E-state index contributed by atoms with van der Waals surface area (Å²) < 4.78 is 30.8. The quantitative estimate of drug-likeness (QED) is 0.0751. The predicted molar refractivity (Wildman–Crippen MR) is 221 cm³/mol. The Kier molecular flexibility index (Phi) is 13.5. The van der Waals surface area contributed by atoms with Crippen molar-refractivity contribution in [1.29, 1.82) is 0 Å². The molecule has 4 fully saturated rings. The molecule has 3 aliphatic heterocycles. The van der Waals surface area contributed by atoms with E-state index in [4.69, 9.17) is 33.6 Å². The Morgan fingerprint density at radius 1 is 0.952 bits per heavy atom. The van der Waals surface area contributed by atoms with Crippen LogP contribution in [0.3, 0.4) is 0 Å². The Hall–Kier alpha value is -5.20. The number of carbonyl (C=O) groups is 4. The summed E-state index contributed by atoms with van der Waals surface area (Å²) in [6, 6.07) is 22.2. The molecule has 16 nitrogen and oxygen atoms in total. The highest BCUT2D eigenvalue weighted by molar-refractivity contribution is 5.96. The maximum atomic E-state index is 15.2. The van der Waals surface area contributed by atoms with Crippen LogP contribution in [0.25, 0.3) is 6.08 Å². The predicted octanol–water partition coefficient (Wildman–Crippen LogP) is 2.62. The topological polar surface area (TPSA) is 212 Å². The third-order valence-electron chi connectivity index (χ3n) is 11.5. The van der Waals surface area contributed by atoms with E-state index in [0.717, 1.165) is 5.56 Å². The number of hydrogen-bond acceptors (Lipinski definition) is 14. The SMILES string of the molecule is CC(O)C(NC(=O)C12CC3OC(=O)C1N(Cc1cccc(C=COCCO)c1)OC2C1OC(c2ccccc2)(c2ccccc2)OC31)C(=O)NC(CO)CCC(=O)OC(C)(C)C. The summed E-state index contributed by atoms with van der Waals surface area (Å²) in [5.74, 6) is -4.33. The zero-order valence-electron chi connectivity index (χ0n) is 35.2. The summed E-state index contributed by atoms with van der Waals surface area (Å²) >= 11 is 0. The fraction of sp³-hybridized carbons (Fsp3) is 0.478. The molecule has 0 radical (unpaired) electrons. The van der Waals surface area contributed by atoms with E-state index in [2.05, 4.69) is 10.6 Å². The minimum atomic E-state index is -1.73. The van der Waals surface area contributed by atoms with Crippen molar-refractivity contribution in [3.63, 3.8) is 0 Å². The second-order valence-electron chi connectivity index (χ2n) is 17.1. The molecule has 3 heterocycles. The van der Waals surface area contributed by atoms with Crippen LogP contribution in [0.5, 0.6) is 0 Å². The van der Waals surface area contributed by atoms with Crippen molar-refractivity contribution in [2.24, 2.45) is 5.41 Å². The van der Waals surface area contributed by atoms with Gasteiger partial charge in [0.25, 0.3) is 0 Å². The van der Waals surface area contributed by atoms with Gasteiger partial charge in [-0.3, -0.25) is 24.0 Å². The van der Waals surface area contributed by atoms with Crippen molar-refractivity contribution in [2.75, 3.05) is 19.8 Å². The molecule has 0 aromatic heterocycles. The second kappa shape index (κ2) is 18.6. The number of benzene rings is 3. The van der Waals surface area contributed by atoms with E-state index in [-0.39, 0.29) is 39.0 Å². The van der Waals surface area contributed by atoms with Crippen molar-refractivity contribution in [1.82, 2.24) is 15.7 Å². The molecular weight excluding hydrogens is 803 g/mol. The largest absolute Gasteiger partial charge is 0.499 e. The summed E-state index contributed by atoms with van der Waals surface area (Å²) in [6.45, 7) is 6.00. The summed E-state index contributed by atoms with van der Waals surface area (Å²) in [5, 5.41) is 37.0. The van der Waals surface area contributed by atoms with Crippen LogP contribution in [0.15, 0.2) is 91.2 Å². The molecular formula is C46H55N3O13. The van der Waals surface area contributed by atoms with Gasteiger partial charge in [-0.1, -0.05) is 84.9 Å². The molecule has 0 spiro atoms. The number of carbonyl (C=O) groups excluding carboxylic acids is 4. The molecule has 332 valence electrons. The molecule has 3 aromatic rings. The number of nitrogens with zero attached hydrogens (tertiary/aromatic N) is 1. The van der Waals surface area contributed by atoms with Gasteiger partial charge in [-0.15, -0.1) is 0 Å². The lowest BCUT2D eigenvalue weighted by Crippen LogP contribution is -2.71. The average Bonchev–Trinajstić information content (AvgIpc) is 3.83. The second-order valence-corrected chi connectivity index (χ2v) is 17.1. The van der Waals surface area contributed by atoms with Gasteiger partial charge in [-0.25, -0.2) is 0 Å². The number of aliphatic hydroxyl groups excluding tert-OH is 3. The van der Waals surface area contributed by atoms with Gasteiger partial charge < -0.3 is 49.6 Å². The molecule has 2 amide bonds. The van der Waals surface area contributed by atoms with E-state index in [9.17, 15) is 24.6 Å². The normalized spacial score (nSPS) is 26.5. The highest BCUT2D eigenvalue weighted by atomic mass is 16.8. The molecule has 16 heteroatoms. The van der Waals surface area contributed by atoms with Crippen LogP contribution >= 0.6 is 0 Å². The number of rotatable bonds is 17. The van der Waals surface area contributed by atoms with Crippen molar-refractivity contribution < 1.29 is 63.0 Å². The molecule has 4 aliphatic rings. The van der Waals surface area contributed by atoms with E-state index >= 15 is 4.79 Å². The molecule has 1 saturated carbocycles. The van der Waals surface area contributed by atoms with Crippen molar-refractivity contribution >= 4 is 29.8 Å². The summed E-state index contributed by atoms with van der Waals surface area (Å²) in [7, 11) is 0. The number of hydroxylamine groups is 2. The fourth-order valence-electron chi connectivity index (χ4n) is 8.78. The monoisotopic (exact) mass is 857 g/mol. The average molecular weight is 858 g/mol. The number of fused-ring (bicyclic) bond motifs is 4. The number of aliphatic hydroxyl groups is 3. The van der Waals surface area contributed by atoms with Gasteiger partial charge in [0.15, 0.2) is 6.04 Å². The third-order valence-corrected chi connectivity index (χ3v) is 11.5. The van der Waals surface area contributed by atoms with Crippen LogP contribution in [0.2, 0.25) is 0 Å². The van der Waals surface area contributed by atoms with Crippen LogP contribution < -0.4 is 10.6 Å². The fourth-order valence-corrected chi connectivity index (χ4v) is 8.78. The smallest absolute Gasteiger partial charge is 0.327 e. The molecule has 9 atom stereocenters. The Morgan fingerprint density at radius 2 is 1.63 bits per heavy atom. The van der Waals surface area contributed by atoms with Gasteiger partial charge in [0, 0.05) is 24.0 Å². The van der Waals surface area contributed by atoms with Crippen molar-refractivity contribution in [3.05, 3.63) is 113 Å². The van der Waals surface area contributed by atoms with E-state index in [1.165, 1.54) is 18.2 Å². The van der Waals surface area contributed by atoms with Gasteiger partial charge in [0.1, 0.15) is 48.1 Å². The standard InChI is InChI=1S/C46H55N3O13/c1-28(52)36(41(54)47-33(27-51)18-19-35(53)59-44(2,3)4)48-43(56)45-25-34-37-38(61-46(60-37,31-14-7-5-8-15-31)32-16-9-6-10-17-32)40(45)62-49(39(45)42(55)58-34)26-30-13-11-12-29(24-30)20-22-57-23-21-50/h5-17,20,22,24,28,33-34,36-40,50-52H,18-19,21,23,25-27H2,1-4H3,(H,47,54)(H,48,56). The lowest BCUT2D eigenvalue weighted by molar-refractivity contribution is -0.213. The minimum absolute atomic E-state index is 0.0199. The molecule has 2 bridgehead atoms. The highest BCUT2D eigenvalue weighted by Crippen LogP contribution is 2.59. The molecule has 7 rings (SSSR count). The number of nitrogens with one attached hydrogen (secondary N) is 2. The number of esters is 2. The van der Waals surface area contributed by atoms with Crippen LogP contribution in [-0.4, -0.2) is 118 Å². The van der Waals surface area contributed by atoms with E-state index in [0.29, 0.717) is 16.7 Å². The molecule has 62 heavy (non-hydrogen) atoms. The Labute approximate surface area is 360 Å². The van der Waals surface area contributed by atoms with Gasteiger partial charge in [-0.05, 0) is 51.3 Å². The first-order valence-corrected chi connectivity index (χ1v) is 20.9. The highest BCUT2D eigenvalue weighted by Gasteiger charge is 2.76. The molecule has 5 N–H and O–H groups in total. The van der Waals surface area contributed by atoms with E-state index < -0.39 is 95.8 Å². The van der Waals surface area contributed by atoms with Gasteiger partial charge >= 0.3 is 11.9 Å². The molecule has 3 aromatic carbocycles. The molecule has 9 unspecified atom stereocenters. The van der Waals surface area contributed by atoms with Crippen LogP contribution in [0.1, 0.15) is 69.2 Å². The first-order chi connectivity index (χ1) is 29.7. The number of amides is 2. The first-order valence-electron chi connectivity index (χ1n) is 20.9.